The molecule has 0 fully saturated rings. The third-order valence-corrected chi connectivity index (χ3v) is 2.56. The maximum Gasteiger partial charge on any atom is 0.0147 e. The highest BCUT2D eigenvalue weighted by Crippen LogP contribution is 2.34. The Morgan fingerprint density at radius 1 is 1.00 bits per heavy atom. The number of benzene rings is 1. The van der Waals surface area contributed by atoms with Gasteiger partial charge >= 0.3 is 0 Å². The van der Waals surface area contributed by atoms with Crippen LogP contribution in [0.5, 0.6) is 0 Å². The SMILES string of the molecule is c1ccc2c(c#1)Cc1ccccc1-2. The van der Waals surface area contributed by atoms with Gasteiger partial charge in [-0.3, -0.25) is 0 Å². The molecule has 0 atom stereocenters. The molecule has 1 aliphatic rings. The van der Waals surface area contributed by atoms with E-state index in [0.717, 1.165) is 6.42 Å². The first-order valence-corrected chi connectivity index (χ1v) is 4.45. The van der Waals surface area contributed by atoms with Crippen LogP contribution < -0.4 is 0 Å². The molecule has 0 nitrogen and oxygen atoms in total. The Morgan fingerprint density at radius 2 is 1.92 bits per heavy atom. The standard InChI is InChI=1S/C13H8/c1-3-7-12-10(5-1)9-11-6-2-4-8-13(11)12/h1,3-5,7-8H,9H2. The van der Waals surface area contributed by atoms with Gasteiger partial charge in [-0.25, -0.2) is 0 Å². The first-order chi connectivity index (χ1) is 6.45. The van der Waals surface area contributed by atoms with Gasteiger partial charge in [0, 0.05) is 12.0 Å². The van der Waals surface area contributed by atoms with Crippen LogP contribution in [0.25, 0.3) is 11.1 Å². The molecule has 0 unspecified atom stereocenters. The average molecular weight is 164 g/mol. The second kappa shape index (κ2) is 2.37. The molecule has 0 aromatic heterocycles. The van der Waals surface area contributed by atoms with E-state index in [1.165, 1.54) is 22.3 Å². The summed E-state index contributed by atoms with van der Waals surface area (Å²) in [7, 11) is 0. The van der Waals surface area contributed by atoms with Crippen LogP contribution >= 0.6 is 0 Å². The molecule has 3 rings (SSSR count). The van der Waals surface area contributed by atoms with Crippen molar-refractivity contribution in [2.45, 2.75) is 6.42 Å². The second-order valence-corrected chi connectivity index (χ2v) is 3.33. The summed E-state index contributed by atoms with van der Waals surface area (Å²) in [6.45, 7) is 0. The monoisotopic (exact) mass is 164 g/mol. The van der Waals surface area contributed by atoms with Crippen LogP contribution in [0.2, 0.25) is 0 Å². The largest absolute Gasteiger partial charge is 0.0699 e. The lowest BCUT2D eigenvalue weighted by Crippen LogP contribution is -1.76. The maximum atomic E-state index is 3.17. The third-order valence-electron chi connectivity index (χ3n) is 2.56. The highest BCUT2D eigenvalue weighted by atomic mass is 14.2. The summed E-state index contributed by atoms with van der Waals surface area (Å²) in [5.74, 6) is 0. The highest BCUT2D eigenvalue weighted by molar-refractivity contribution is 5.75. The van der Waals surface area contributed by atoms with Gasteiger partial charge in [0.2, 0.25) is 0 Å². The summed E-state index contributed by atoms with van der Waals surface area (Å²) < 4.78 is 0. The fourth-order valence-electron chi connectivity index (χ4n) is 1.94. The van der Waals surface area contributed by atoms with E-state index in [4.69, 9.17) is 0 Å². The minimum atomic E-state index is 1.02. The maximum absolute atomic E-state index is 3.17. The van der Waals surface area contributed by atoms with Crippen molar-refractivity contribution in [3.63, 3.8) is 0 Å². The Kier molecular flexibility index (Phi) is 1.23. The van der Waals surface area contributed by atoms with Gasteiger partial charge in [-0.05, 0) is 28.8 Å². The van der Waals surface area contributed by atoms with Crippen LogP contribution in [0.3, 0.4) is 0 Å². The van der Waals surface area contributed by atoms with E-state index in [-0.39, 0.29) is 0 Å². The lowest BCUT2D eigenvalue weighted by Gasteiger charge is -1.96. The fraction of sp³-hybridized carbons (Fsp3) is 0.0769. The molecule has 0 aliphatic heterocycles. The third kappa shape index (κ3) is 0.877. The van der Waals surface area contributed by atoms with Gasteiger partial charge in [0.15, 0.2) is 0 Å². The van der Waals surface area contributed by atoms with E-state index in [9.17, 15) is 0 Å². The molecule has 2 aromatic rings. The molecular formula is C13H8. The van der Waals surface area contributed by atoms with Crippen molar-refractivity contribution >= 4 is 0 Å². The predicted molar refractivity (Wildman–Crippen MR) is 52.4 cm³/mol. The number of hydrogen-bond donors (Lipinski definition) is 0. The molecule has 0 bridgehead atoms. The Hall–Kier alpha value is -1.74. The first-order valence-electron chi connectivity index (χ1n) is 4.45. The van der Waals surface area contributed by atoms with Crippen molar-refractivity contribution < 1.29 is 0 Å². The van der Waals surface area contributed by atoms with Gasteiger partial charge in [-0.1, -0.05) is 36.4 Å². The van der Waals surface area contributed by atoms with Gasteiger partial charge in [-0.2, -0.15) is 0 Å². The number of rotatable bonds is 0. The Balaban J connectivity index is 2.32. The number of fused-ring (bicyclic) bond motifs is 3. The zero-order chi connectivity index (χ0) is 8.67. The van der Waals surface area contributed by atoms with Crippen LogP contribution in [0.4, 0.5) is 0 Å². The van der Waals surface area contributed by atoms with Crippen molar-refractivity contribution in [2.24, 2.45) is 0 Å². The van der Waals surface area contributed by atoms with Crippen LogP contribution in [0, 0.1) is 12.1 Å². The summed E-state index contributed by atoms with van der Waals surface area (Å²) in [5, 5.41) is 0. The molecule has 60 valence electrons. The summed E-state index contributed by atoms with van der Waals surface area (Å²) in [5.41, 5.74) is 5.38. The summed E-state index contributed by atoms with van der Waals surface area (Å²) in [6.07, 6.45) is 1.02. The molecule has 2 aromatic carbocycles. The van der Waals surface area contributed by atoms with Gasteiger partial charge in [0.25, 0.3) is 0 Å². The van der Waals surface area contributed by atoms with E-state index in [0.29, 0.717) is 0 Å². The molecule has 0 amide bonds. The Labute approximate surface area is 77.8 Å². The van der Waals surface area contributed by atoms with Crippen molar-refractivity contribution in [3.05, 3.63) is 59.7 Å². The van der Waals surface area contributed by atoms with Crippen LogP contribution in [0.1, 0.15) is 11.1 Å². The summed E-state index contributed by atoms with van der Waals surface area (Å²) in [4.78, 5) is 0. The normalized spacial score (nSPS) is 11.7. The van der Waals surface area contributed by atoms with Crippen LogP contribution in [0.15, 0.2) is 36.4 Å². The zero-order valence-electron chi connectivity index (χ0n) is 7.17. The zero-order valence-corrected chi connectivity index (χ0v) is 7.17. The Bertz CT molecular complexity index is 412. The van der Waals surface area contributed by atoms with Crippen molar-refractivity contribution in [3.8, 4) is 11.1 Å². The van der Waals surface area contributed by atoms with E-state index in [1.54, 1.807) is 0 Å². The van der Waals surface area contributed by atoms with E-state index in [1.807, 2.05) is 6.07 Å². The molecule has 0 radical (unpaired) electrons. The van der Waals surface area contributed by atoms with E-state index < -0.39 is 0 Å². The smallest absolute Gasteiger partial charge is 0.0147 e. The minimum Gasteiger partial charge on any atom is -0.0699 e. The highest BCUT2D eigenvalue weighted by Gasteiger charge is 2.16. The van der Waals surface area contributed by atoms with Crippen LogP contribution in [-0.4, -0.2) is 0 Å². The molecule has 0 saturated heterocycles. The summed E-state index contributed by atoms with van der Waals surface area (Å²) in [6, 6.07) is 18.8. The molecule has 13 heavy (non-hydrogen) atoms. The molecule has 1 aliphatic carbocycles. The lowest BCUT2D eigenvalue weighted by molar-refractivity contribution is 1.27. The lowest BCUT2D eigenvalue weighted by atomic mass is 10.1. The van der Waals surface area contributed by atoms with Gasteiger partial charge in [0.05, 0.1) is 0 Å². The van der Waals surface area contributed by atoms with Gasteiger partial charge in [0.1, 0.15) is 0 Å². The molecule has 0 heteroatoms. The molecular weight excluding hydrogens is 156 g/mol. The van der Waals surface area contributed by atoms with Crippen molar-refractivity contribution in [1.82, 2.24) is 0 Å². The first kappa shape index (κ1) is 6.74. The molecule has 0 heterocycles. The quantitative estimate of drug-likeness (QED) is 0.479. The molecule has 0 saturated carbocycles. The van der Waals surface area contributed by atoms with E-state index in [2.05, 4.69) is 42.5 Å². The fourth-order valence-corrected chi connectivity index (χ4v) is 1.94. The van der Waals surface area contributed by atoms with Gasteiger partial charge in [-0.15, -0.1) is 0 Å². The predicted octanol–water partition coefficient (Wildman–Crippen LogP) is 2.86. The molecule has 0 N–H and O–H groups in total. The van der Waals surface area contributed by atoms with Crippen molar-refractivity contribution in [1.29, 1.82) is 0 Å². The topological polar surface area (TPSA) is 0 Å². The Morgan fingerprint density at radius 3 is 2.92 bits per heavy atom. The average Bonchev–Trinajstić information content (AvgIpc) is 2.56. The number of hydrogen-bond acceptors (Lipinski definition) is 0. The van der Waals surface area contributed by atoms with E-state index >= 15 is 0 Å². The van der Waals surface area contributed by atoms with Gasteiger partial charge < -0.3 is 0 Å². The molecule has 0 spiro atoms. The minimum absolute atomic E-state index is 1.02. The van der Waals surface area contributed by atoms with Crippen molar-refractivity contribution in [2.75, 3.05) is 0 Å². The van der Waals surface area contributed by atoms with Crippen LogP contribution in [-0.2, 0) is 6.42 Å². The summed E-state index contributed by atoms with van der Waals surface area (Å²) >= 11 is 0. The second-order valence-electron chi connectivity index (χ2n) is 3.33.